The molecule has 1 aliphatic rings. The van der Waals surface area contributed by atoms with Crippen molar-refractivity contribution in [3.8, 4) is 0 Å². The Morgan fingerprint density at radius 1 is 1.50 bits per heavy atom. The van der Waals surface area contributed by atoms with Gasteiger partial charge < -0.3 is 10.2 Å². The van der Waals surface area contributed by atoms with Gasteiger partial charge in [-0.25, -0.2) is 4.98 Å². The van der Waals surface area contributed by atoms with Crippen molar-refractivity contribution < 1.29 is 4.79 Å². The zero-order chi connectivity index (χ0) is 15.5. The number of rotatable bonds is 5. The van der Waals surface area contributed by atoms with E-state index in [0.717, 1.165) is 30.0 Å². The minimum Gasteiger partial charge on any atom is -0.337 e. The van der Waals surface area contributed by atoms with Gasteiger partial charge in [-0.05, 0) is 50.9 Å². The van der Waals surface area contributed by atoms with Gasteiger partial charge in [-0.15, -0.1) is 11.3 Å². The highest BCUT2D eigenvalue weighted by atomic mass is 32.1. The Balaban J connectivity index is 1.62. The van der Waals surface area contributed by atoms with Gasteiger partial charge in [0.1, 0.15) is 5.01 Å². The number of fused-ring (bicyclic) bond motifs is 1. The van der Waals surface area contributed by atoms with Crippen molar-refractivity contribution in [3.63, 3.8) is 0 Å². The molecule has 1 fully saturated rings. The summed E-state index contributed by atoms with van der Waals surface area (Å²) in [5, 5.41) is 4.37. The Kier molecular flexibility index (Phi) is 4.74. The molecule has 0 aliphatic carbocycles. The largest absolute Gasteiger partial charge is 0.337 e. The van der Waals surface area contributed by atoms with E-state index in [-0.39, 0.29) is 11.9 Å². The monoisotopic (exact) mass is 317 g/mol. The van der Waals surface area contributed by atoms with E-state index in [4.69, 9.17) is 0 Å². The fourth-order valence-electron chi connectivity index (χ4n) is 2.92. The Hall–Kier alpha value is -1.46. The summed E-state index contributed by atoms with van der Waals surface area (Å²) in [5.41, 5.74) is 1.02. The normalized spacial score (nSPS) is 19.5. The molecular formula is C17H23N3OS. The Morgan fingerprint density at radius 2 is 2.32 bits per heavy atom. The summed E-state index contributed by atoms with van der Waals surface area (Å²) in [7, 11) is 1.89. The summed E-state index contributed by atoms with van der Waals surface area (Å²) < 4.78 is 1.18. The first-order chi connectivity index (χ1) is 10.6. The van der Waals surface area contributed by atoms with Crippen LogP contribution in [0.15, 0.2) is 24.3 Å². The van der Waals surface area contributed by atoms with Gasteiger partial charge in [-0.3, -0.25) is 4.79 Å². The number of benzene rings is 1. The maximum atomic E-state index is 12.4. The summed E-state index contributed by atoms with van der Waals surface area (Å²) in [6.07, 6.45) is 2.82. The number of para-hydroxylation sites is 1. The van der Waals surface area contributed by atoms with Crippen molar-refractivity contribution >= 4 is 27.5 Å². The lowest BCUT2D eigenvalue weighted by molar-refractivity contribution is -0.132. The van der Waals surface area contributed by atoms with Gasteiger partial charge >= 0.3 is 0 Å². The van der Waals surface area contributed by atoms with Crippen molar-refractivity contribution in [2.75, 3.05) is 20.1 Å². The second-order valence-corrected chi connectivity index (χ2v) is 7.16. The number of hydrogen-bond donors (Lipinski definition) is 1. The molecular weight excluding hydrogens is 294 g/mol. The molecule has 2 unspecified atom stereocenters. The van der Waals surface area contributed by atoms with Crippen LogP contribution in [0.1, 0.15) is 37.2 Å². The van der Waals surface area contributed by atoms with Crippen molar-refractivity contribution in [2.45, 2.75) is 32.2 Å². The molecule has 1 aromatic heterocycles. The molecule has 1 saturated heterocycles. The number of carbonyl (C=O) groups excluding carboxylic acids is 1. The van der Waals surface area contributed by atoms with Crippen molar-refractivity contribution in [2.24, 2.45) is 5.92 Å². The topological polar surface area (TPSA) is 45.2 Å². The van der Waals surface area contributed by atoms with E-state index in [1.54, 1.807) is 11.3 Å². The van der Waals surface area contributed by atoms with Crippen LogP contribution in [0.3, 0.4) is 0 Å². The Bertz CT molecular complexity index is 615. The average Bonchev–Trinajstić information content (AvgIpc) is 3.19. The van der Waals surface area contributed by atoms with Crippen LogP contribution < -0.4 is 5.32 Å². The second kappa shape index (κ2) is 6.75. The lowest BCUT2D eigenvalue weighted by atomic mass is 10.0. The molecule has 1 amide bonds. The third kappa shape index (κ3) is 3.31. The number of amides is 1. The predicted molar refractivity (Wildman–Crippen MR) is 91.0 cm³/mol. The molecule has 22 heavy (non-hydrogen) atoms. The first kappa shape index (κ1) is 15.4. The summed E-state index contributed by atoms with van der Waals surface area (Å²) in [4.78, 5) is 18.9. The van der Waals surface area contributed by atoms with Gasteiger partial charge in [0.2, 0.25) is 5.91 Å². The molecule has 1 aliphatic heterocycles. The lowest BCUT2D eigenvalue weighted by Crippen LogP contribution is -2.29. The molecule has 4 nitrogen and oxygen atoms in total. The molecule has 118 valence electrons. The van der Waals surface area contributed by atoms with Crippen LogP contribution in [0.4, 0.5) is 0 Å². The van der Waals surface area contributed by atoms with Crippen LogP contribution in [0.25, 0.3) is 10.2 Å². The molecule has 2 aromatic rings. The first-order valence-electron chi connectivity index (χ1n) is 7.97. The van der Waals surface area contributed by atoms with E-state index in [1.165, 1.54) is 11.1 Å². The van der Waals surface area contributed by atoms with E-state index in [9.17, 15) is 4.79 Å². The lowest BCUT2D eigenvalue weighted by Gasteiger charge is -2.23. The van der Waals surface area contributed by atoms with E-state index < -0.39 is 0 Å². The SMILES string of the molecule is CC(c1nc2ccccc2s1)N(C)C(=O)CCC1CCNC1. The van der Waals surface area contributed by atoms with Crippen LogP contribution in [0, 0.1) is 5.92 Å². The average molecular weight is 317 g/mol. The van der Waals surface area contributed by atoms with Gasteiger partial charge in [-0.1, -0.05) is 12.1 Å². The zero-order valence-corrected chi connectivity index (χ0v) is 14.0. The number of carbonyl (C=O) groups is 1. The molecule has 1 aromatic carbocycles. The van der Waals surface area contributed by atoms with Crippen molar-refractivity contribution in [1.82, 2.24) is 15.2 Å². The van der Waals surface area contributed by atoms with Crippen LogP contribution in [-0.2, 0) is 4.79 Å². The Labute approximate surface area is 135 Å². The summed E-state index contributed by atoms with van der Waals surface area (Å²) in [6, 6.07) is 8.17. The maximum Gasteiger partial charge on any atom is 0.222 e. The number of nitrogens with one attached hydrogen (secondary N) is 1. The maximum absolute atomic E-state index is 12.4. The fourth-order valence-corrected chi connectivity index (χ4v) is 3.98. The van der Waals surface area contributed by atoms with Crippen molar-refractivity contribution in [1.29, 1.82) is 0 Å². The Morgan fingerprint density at radius 3 is 3.05 bits per heavy atom. The van der Waals surface area contributed by atoms with Gasteiger partial charge in [0, 0.05) is 13.5 Å². The molecule has 1 N–H and O–H groups in total. The van der Waals surface area contributed by atoms with E-state index in [0.29, 0.717) is 12.3 Å². The van der Waals surface area contributed by atoms with Crippen LogP contribution >= 0.6 is 11.3 Å². The quantitative estimate of drug-likeness (QED) is 0.921. The van der Waals surface area contributed by atoms with E-state index >= 15 is 0 Å². The van der Waals surface area contributed by atoms with Crippen LogP contribution in [0.5, 0.6) is 0 Å². The van der Waals surface area contributed by atoms with Crippen LogP contribution in [0.2, 0.25) is 0 Å². The molecule has 5 heteroatoms. The summed E-state index contributed by atoms with van der Waals surface area (Å²) in [6.45, 7) is 4.22. The zero-order valence-electron chi connectivity index (χ0n) is 13.2. The number of nitrogens with zero attached hydrogens (tertiary/aromatic N) is 2. The minimum absolute atomic E-state index is 0.0339. The summed E-state index contributed by atoms with van der Waals surface area (Å²) >= 11 is 1.68. The van der Waals surface area contributed by atoms with Crippen molar-refractivity contribution in [3.05, 3.63) is 29.3 Å². The third-order valence-electron chi connectivity index (χ3n) is 4.57. The molecule has 0 radical (unpaired) electrons. The van der Waals surface area contributed by atoms with E-state index in [1.807, 2.05) is 30.1 Å². The third-order valence-corrected chi connectivity index (χ3v) is 5.78. The first-order valence-corrected chi connectivity index (χ1v) is 8.78. The number of thiazole rings is 1. The smallest absolute Gasteiger partial charge is 0.222 e. The van der Waals surface area contributed by atoms with Gasteiger partial charge in [-0.2, -0.15) is 0 Å². The van der Waals surface area contributed by atoms with E-state index in [2.05, 4.69) is 23.3 Å². The summed E-state index contributed by atoms with van der Waals surface area (Å²) in [5.74, 6) is 0.883. The minimum atomic E-state index is 0.0339. The van der Waals surface area contributed by atoms with Gasteiger partial charge in [0.15, 0.2) is 0 Å². The van der Waals surface area contributed by atoms with Gasteiger partial charge in [0.25, 0.3) is 0 Å². The van der Waals surface area contributed by atoms with Gasteiger partial charge in [0.05, 0.1) is 16.3 Å². The highest BCUT2D eigenvalue weighted by molar-refractivity contribution is 7.18. The molecule has 2 atom stereocenters. The second-order valence-electron chi connectivity index (χ2n) is 6.10. The number of aromatic nitrogens is 1. The molecule has 0 spiro atoms. The highest BCUT2D eigenvalue weighted by Gasteiger charge is 2.22. The molecule has 2 heterocycles. The predicted octanol–water partition coefficient (Wildman–Crippen LogP) is 3.21. The highest BCUT2D eigenvalue weighted by Crippen LogP contribution is 2.29. The van der Waals surface area contributed by atoms with Crippen LogP contribution in [-0.4, -0.2) is 35.9 Å². The molecule has 0 saturated carbocycles. The molecule has 3 rings (SSSR count). The fraction of sp³-hybridized carbons (Fsp3) is 0.529. The number of hydrogen-bond acceptors (Lipinski definition) is 4. The molecule has 0 bridgehead atoms. The standard InChI is InChI=1S/C17H23N3OS/c1-12(17-19-14-5-3-4-6-15(14)22-17)20(2)16(21)8-7-13-9-10-18-11-13/h3-6,12-13,18H,7-11H2,1-2H3.